The molecule has 4 atom stereocenters. The van der Waals surface area contributed by atoms with Crippen molar-refractivity contribution in [1.29, 1.82) is 0 Å². The van der Waals surface area contributed by atoms with Crippen LogP contribution in [0.5, 0.6) is 0 Å². The molecule has 0 unspecified atom stereocenters. The molecule has 0 saturated heterocycles. The van der Waals surface area contributed by atoms with Crippen molar-refractivity contribution in [2.45, 2.75) is 102 Å². The fraction of sp³-hybridized carbons (Fsp3) is 0.483. The summed E-state index contributed by atoms with van der Waals surface area (Å²) in [4.78, 5) is 214. The number of esters is 4. The number of nitrogens with zero attached hydrogens (tertiary/aromatic N) is 4. The number of carbonyl (C=O) groups excluding carboxylic acids is 12. The number of nitrogens with one attached hydrogen (secondary N) is 4. The van der Waals surface area contributed by atoms with Gasteiger partial charge in [-0.25, -0.2) is 28.8 Å². The summed E-state index contributed by atoms with van der Waals surface area (Å²) in [5, 5.41) is 66.7. The molecule has 0 radical (unpaired) electrons. The van der Waals surface area contributed by atoms with Gasteiger partial charge in [0, 0.05) is 61.7 Å². The first-order chi connectivity index (χ1) is 45.9. The minimum absolute atomic E-state index is 0. The van der Waals surface area contributed by atoms with Crippen LogP contribution in [0.3, 0.4) is 0 Å². The van der Waals surface area contributed by atoms with Crippen molar-refractivity contribution in [3.05, 3.63) is 73.9 Å². The van der Waals surface area contributed by atoms with E-state index in [1.807, 2.05) is 10.6 Å². The van der Waals surface area contributed by atoms with E-state index in [9.17, 15) is 76.7 Å². The monoisotopic (exact) mass is 1790 g/mol. The maximum Gasteiger partial charge on any atom is 2.00 e. The predicted molar refractivity (Wildman–Crippen MR) is 324 cm³/mol. The van der Waals surface area contributed by atoms with Gasteiger partial charge in [0.15, 0.2) is 0 Å². The molecule has 560 valence electrons. The van der Waals surface area contributed by atoms with Crippen LogP contribution in [0.15, 0.2) is 48.6 Å². The van der Waals surface area contributed by atoms with Crippen LogP contribution in [0.1, 0.15) is 89.9 Å². The van der Waals surface area contributed by atoms with Crippen molar-refractivity contribution >= 4 is 119 Å². The Morgan fingerprint density at radius 2 is 0.560 bits per heavy atom. The maximum absolute atomic E-state index is 11.1. The van der Waals surface area contributed by atoms with Gasteiger partial charge in [0.25, 0.3) is 47.3 Å². The molecule has 0 aromatic heterocycles. The number of hydrogen-bond donors (Lipinski definition) is 10. The molecular weight excluding hydrogens is 1710 g/mol. The van der Waals surface area contributed by atoms with Gasteiger partial charge in [-0.1, -0.05) is 51.4 Å². The van der Waals surface area contributed by atoms with Crippen molar-refractivity contribution in [2.75, 3.05) is 65.7 Å². The topological polar surface area (TPSA) is 625 Å². The average Bonchev–Trinajstić information content (AvgIpc) is 1.76. The first-order valence-electron chi connectivity index (χ1n) is 29.1. The number of aliphatic carboxylic acids is 6. The minimum atomic E-state index is -1.82. The van der Waals surface area contributed by atoms with Gasteiger partial charge in [0.2, 0.25) is 0 Å². The summed E-state index contributed by atoms with van der Waals surface area (Å²) in [5.74, 6) is -14.7. The van der Waals surface area contributed by atoms with Crippen LogP contribution in [0.2, 0.25) is 0 Å². The van der Waals surface area contributed by atoms with Crippen LogP contribution < -0.4 is 10.6 Å². The zero-order valence-electron chi connectivity index (χ0n) is 53.1. The van der Waals surface area contributed by atoms with E-state index in [1.165, 1.54) is 38.5 Å². The molecule has 12 N–H and O–H groups in total. The molecule has 2 saturated carbocycles. The van der Waals surface area contributed by atoms with Crippen LogP contribution >= 0.6 is 0 Å². The molecule has 42 heteroatoms. The third-order valence-corrected chi connectivity index (χ3v) is 12.4. The maximum atomic E-state index is 11.1. The van der Waals surface area contributed by atoms with E-state index in [0.29, 0.717) is 11.8 Å². The molecule has 2 aliphatic carbocycles. The molecule has 0 aromatic rings. The Labute approximate surface area is 597 Å². The van der Waals surface area contributed by atoms with Gasteiger partial charge < -0.3 is 95.7 Å². The van der Waals surface area contributed by atoms with E-state index >= 15 is 0 Å². The van der Waals surface area contributed by atoms with E-state index in [-0.39, 0.29) is 158 Å². The second-order valence-corrected chi connectivity index (χ2v) is 19.8. The summed E-state index contributed by atoms with van der Waals surface area (Å²) in [6.07, 6.45) is 15.0. The van der Waals surface area contributed by atoms with Gasteiger partial charge in [0.05, 0.1) is 64.7 Å². The van der Waals surface area contributed by atoms with Gasteiger partial charge in [-0.15, -0.1) is 0 Å². The van der Waals surface area contributed by atoms with E-state index < -0.39 is 119 Å². The van der Waals surface area contributed by atoms with Gasteiger partial charge in [-0.3, -0.25) is 86.7 Å². The predicted octanol–water partition coefficient (Wildman–Crippen LogP) is 0.0326. The van der Waals surface area contributed by atoms with Crippen LogP contribution in [0, 0.1) is 25.7 Å². The van der Waals surface area contributed by atoms with Crippen LogP contribution in [-0.4, -0.2) is 257 Å². The first-order valence-corrected chi connectivity index (χ1v) is 29.1. The third kappa shape index (κ3) is 47.9. The van der Waals surface area contributed by atoms with Crippen LogP contribution in [0.4, 0.5) is 9.59 Å². The summed E-state index contributed by atoms with van der Waals surface area (Å²) in [6.45, 7) is 7.16. The second kappa shape index (κ2) is 55.0. The van der Waals surface area contributed by atoms with E-state index in [2.05, 4.69) is 23.3 Å². The zero-order valence-corrected chi connectivity index (χ0v) is 57.7. The smallest absolute Gasteiger partial charge is 0.677 e. The quantitative estimate of drug-likeness (QED) is 0.0200. The Morgan fingerprint density at radius 1 is 0.360 bits per heavy atom. The van der Waals surface area contributed by atoms with Crippen molar-refractivity contribution in [2.24, 2.45) is 11.8 Å². The number of imide groups is 4. The van der Waals surface area contributed by atoms with Gasteiger partial charge in [-0.2, -0.15) is 23.9 Å². The summed E-state index contributed by atoms with van der Waals surface area (Å²) >= 11 is 0. The molecule has 6 rings (SSSR count). The zero-order chi connectivity index (χ0) is 75.0. The fourth-order valence-electron chi connectivity index (χ4n) is 7.27. The Morgan fingerprint density at radius 3 is 0.720 bits per heavy atom. The molecule has 100 heavy (non-hydrogen) atoms. The molecule has 0 bridgehead atoms. The third-order valence-electron chi connectivity index (χ3n) is 12.4. The Bertz CT molecular complexity index is 2680. The summed E-state index contributed by atoms with van der Waals surface area (Å²) in [7, 11) is 0. The van der Waals surface area contributed by atoms with Crippen molar-refractivity contribution in [3.8, 4) is 0 Å². The van der Waals surface area contributed by atoms with E-state index in [4.69, 9.17) is 81.0 Å². The van der Waals surface area contributed by atoms with Gasteiger partial charge in [0.1, 0.15) is 26.4 Å². The fourth-order valence-corrected chi connectivity index (χ4v) is 7.27. The van der Waals surface area contributed by atoms with Crippen molar-refractivity contribution in [1.82, 2.24) is 30.2 Å². The molecule has 2 fully saturated rings. The molecule has 4 aliphatic heterocycles. The number of rotatable bonds is 24. The number of carbonyl (C=O) groups is 20. The first kappa shape index (κ1) is 96.4. The average molecular weight is 1790 g/mol. The molecule has 0 aromatic carbocycles. The Hall–Kier alpha value is -9.94. The number of carboxylic acid groups (broad SMARTS) is 8. The van der Waals surface area contributed by atoms with E-state index in [1.54, 1.807) is 0 Å². The largest absolute Gasteiger partial charge is 2.00 e. The van der Waals surface area contributed by atoms with Crippen LogP contribution in [-0.2, 0) is 147 Å². The molecule has 40 nitrogen and oxygen atoms in total. The number of amides is 10. The molecule has 6 aliphatic rings. The molecule has 4 heterocycles. The summed E-state index contributed by atoms with van der Waals surface area (Å²) < 4.78 is 18.8. The standard InChI is InChI=1S/2C10H12N2O6.2C10H11NO6.2C7H13N.2C2H2O4.2Pt/c2*13-7-1-2-8(14)12(7)5-6-18-9(15)3-4-11-10(16)17;2*12-7-1-2-8(13)11(7)5-6-17-10(16)4-3-9(14)15;2*1-6-4-2-3-5-7(6)8;2*3-1(4)2(5)6;;/h2*1-2,11H,3-6H2,(H,16,17);2*1-2H,3-6H2,(H,14,15);2*6-8H,1-5H2;2*(H,3,4)(H,5,6);;/q;;;;2*-2;;;2*+2/t;;;;2*6-,7-;;;;/m....11..../s1. The number of carboxylic acids is 6. The Kier molecular flexibility index (Phi) is 53.0. The molecule has 10 amide bonds. The molecular formula is C58H76N8O32Pt2. The number of ether oxygens (including phenoxy) is 4. The van der Waals surface area contributed by atoms with Crippen molar-refractivity contribution in [3.63, 3.8) is 0 Å². The molecule has 0 spiro atoms. The summed E-state index contributed by atoms with van der Waals surface area (Å²) in [5.41, 5.74) is 14.8. The van der Waals surface area contributed by atoms with Gasteiger partial charge in [-0.05, 0) is 0 Å². The second-order valence-electron chi connectivity index (χ2n) is 19.8. The minimum Gasteiger partial charge on any atom is -0.677 e. The van der Waals surface area contributed by atoms with Crippen molar-refractivity contribution < 1.29 is 198 Å². The summed E-state index contributed by atoms with van der Waals surface area (Å²) in [6, 6.07) is 0.285. The van der Waals surface area contributed by atoms with Gasteiger partial charge >= 0.3 is 114 Å². The SMILES string of the molecule is O=C(O)C(=O)O.O=C(O)C(=O)O.O=C(O)CCC(=O)OCCN1C(=O)C=CC1=O.O=C(O)CCC(=O)OCCN1C(=O)C=CC1=O.O=C(O)NCCC(=O)OCCN1C(=O)C=CC1=O.O=C(O)NCCC(=O)OCCN1C(=O)C=CC1=O.[CH2-][C@@H]1CCCC[C@H]1[NH-].[CH2-][C@@H]1CCCC[C@H]1[NH-].[Pt+2].[Pt+2]. The van der Waals surface area contributed by atoms with E-state index in [0.717, 1.165) is 81.0 Å². The normalized spacial score (nSPS) is 17.1. The number of hydrogen-bond acceptors (Lipinski definition) is 24. The van der Waals surface area contributed by atoms with Crippen LogP contribution in [0.25, 0.3) is 11.5 Å². The Balaban J connectivity index is -0.000000542.